The van der Waals surface area contributed by atoms with E-state index in [-0.39, 0.29) is 15.6 Å². The van der Waals surface area contributed by atoms with Gasteiger partial charge in [-0.3, -0.25) is 14.8 Å². The standard InChI is InChI=1S/C9H5Cl2N3O3/c10-3-1-5-6(2-4(3)11)13-8(15)7(12-5)9(16)14-17/h1-2,17H,(H,13,15)(H,14,16). The molecule has 3 N–H and O–H groups in total. The van der Waals surface area contributed by atoms with E-state index in [9.17, 15) is 9.59 Å². The Labute approximate surface area is 104 Å². The summed E-state index contributed by atoms with van der Waals surface area (Å²) in [6.07, 6.45) is 0. The SMILES string of the molecule is O=C(NO)c1nc2cc(Cl)c(Cl)cc2[nH]c1=O. The third-order valence-corrected chi connectivity index (χ3v) is 2.77. The molecule has 0 aliphatic heterocycles. The van der Waals surface area contributed by atoms with Crippen molar-refractivity contribution in [2.45, 2.75) is 0 Å². The molecule has 0 aliphatic rings. The number of H-pyrrole nitrogens is 1. The molecule has 1 heterocycles. The topological polar surface area (TPSA) is 95.1 Å². The number of hydrogen-bond acceptors (Lipinski definition) is 4. The fourth-order valence-electron chi connectivity index (χ4n) is 1.29. The smallest absolute Gasteiger partial charge is 0.298 e. The maximum Gasteiger partial charge on any atom is 0.298 e. The lowest BCUT2D eigenvalue weighted by molar-refractivity contribution is 0.0699. The van der Waals surface area contributed by atoms with Crippen LogP contribution in [0.4, 0.5) is 0 Å². The van der Waals surface area contributed by atoms with Crippen LogP contribution in [0.3, 0.4) is 0 Å². The Morgan fingerprint density at radius 2 is 2.00 bits per heavy atom. The van der Waals surface area contributed by atoms with Crippen molar-refractivity contribution in [1.29, 1.82) is 0 Å². The molecular weight excluding hydrogens is 269 g/mol. The van der Waals surface area contributed by atoms with E-state index in [1.54, 1.807) is 0 Å². The van der Waals surface area contributed by atoms with Crippen molar-refractivity contribution in [1.82, 2.24) is 15.4 Å². The highest BCUT2D eigenvalue weighted by Crippen LogP contribution is 2.25. The van der Waals surface area contributed by atoms with Crippen molar-refractivity contribution in [3.8, 4) is 0 Å². The first-order valence-electron chi connectivity index (χ1n) is 4.36. The number of carbonyl (C=O) groups is 1. The minimum absolute atomic E-state index is 0.245. The highest BCUT2D eigenvalue weighted by Gasteiger charge is 2.13. The van der Waals surface area contributed by atoms with Crippen LogP contribution in [0.15, 0.2) is 16.9 Å². The van der Waals surface area contributed by atoms with E-state index in [1.807, 2.05) is 0 Å². The lowest BCUT2D eigenvalue weighted by Crippen LogP contribution is -2.28. The summed E-state index contributed by atoms with van der Waals surface area (Å²) in [6.45, 7) is 0. The molecule has 2 rings (SSSR count). The lowest BCUT2D eigenvalue weighted by Gasteiger charge is -2.02. The van der Waals surface area contributed by atoms with Crippen LogP contribution in [0.25, 0.3) is 11.0 Å². The maximum absolute atomic E-state index is 11.5. The molecule has 0 radical (unpaired) electrons. The molecule has 0 fully saturated rings. The molecular formula is C9H5Cl2N3O3. The van der Waals surface area contributed by atoms with Gasteiger partial charge in [-0.2, -0.15) is 0 Å². The molecule has 6 nitrogen and oxygen atoms in total. The number of halogens is 2. The third-order valence-electron chi connectivity index (χ3n) is 2.05. The van der Waals surface area contributed by atoms with E-state index in [2.05, 4.69) is 9.97 Å². The van der Waals surface area contributed by atoms with E-state index in [0.717, 1.165) is 0 Å². The Hall–Kier alpha value is -1.63. The van der Waals surface area contributed by atoms with Gasteiger partial charge in [-0.15, -0.1) is 0 Å². The quantitative estimate of drug-likeness (QED) is 0.540. The number of aromatic amines is 1. The maximum atomic E-state index is 11.5. The average Bonchev–Trinajstić information content (AvgIpc) is 2.30. The van der Waals surface area contributed by atoms with Gasteiger partial charge >= 0.3 is 0 Å². The highest BCUT2D eigenvalue weighted by molar-refractivity contribution is 6.42. The van der Waals surface area contributed by atoms with Crippen molar-refractivity contribution in [2.24, 2.45) is 0 Å². The number of aromatic nitrogens is 2. The largest absolute Gasteiger partial charge is 0.319 e. The first-order valence-corrected chi connectivity index (χ1v) is 5.12. The summed E-state index contributed by atoms with van der Waals surface area (Å²) in [5, 5.41) is 8.95. The summed E-state index contributed by atoms with van der Waals surface area (Å²) in [6, 6.07) is 2.83. The van der Waals surface area contributed by atoms with Crippen molar-refractivity contribution in [3.05, 3.63) is 38.2 Å². The number of nitrogens with zero attached hydrogens (tertiary/aromatic N) is 1. The Bertz CT molecular complexity index is 668. The molecule has 1 aromatic heterocycles. The van der Waals surface area contributed by atoms with Gasteiger partial charge in [0.1, 0.15) is 0 Å². The molecule has 0 saturated carbocycles. The van der Waals surface area contributed by atoms with Crippen LogP contribution < -0.4 is 11.0 Å². The molecule has 1 aromatic carbocycles. The second-order valence-corrected chi connectivity index (χ2v) is 3.95. The fraction of sp³-hybridized carbons (Fsp3) is 0. The van der Waals surface area contributed by atoms with Gasteiger partial charge in [0, 0.05) is 0 Å². The zero-order valence-electron chi connectivity index (χ0n) is 8.12. The minimum atomic E-state index is -1.00. The van der Waals surface area contributed by atoms with Crippen LogP contribution >= 0.6 is 23.2 Å². The normalized spacial score (nSPS) is 10.5. The lowest BCUT2D eigenvalue weighted by atomic mass is 10.3. The zero-order valence-corrected chi connectivity index (χ0v) is 9.63. The number of carbonyl (C=O) groups excluding carboxylic acids is 1. The first kappa shape index (κ1) is 11.8. The summed E-state index contributed by atoms with van der Waals surface area (Å²) in [5.74, 6) is -1.00. The molecule has 0 saturated heterocycles. The molecule has 8 heteroatoms. The second kappa shape index (κ2) is 4.33. The number of rotatable bonds is 1. The molecule has 0 aliphatic carbocycles. The number of benzene rings is 1. The molecule has 0 spiro atoms. The number of hydrogen-bond donors (Lipinski definition) is 3. The minimum Gasteiger partial charge on any atom is -0.319 e. The van der Waals surface area contributed by atoms with Gasteiger partial charge in [0.05, 0.1) is 21.1 Å². The summed E-state index contributed by atoms with van der Waals surface area (Å²) >= 11 is 11.5. The van der Waals surface area contributed by atoms with Crippen LogP contribution in [0.2, 0.25) is 10.0 Å². The van der Waals surface area contributed by atoms with Crippen LogP contribution in [0.5, 0.6) is 0 Å². The molecule has 0 unspecified atom stereocenters. The molecule has 1 amide bonds. The van der Waals surface area contributed by atoms with E-state index in [1.165, 1.54) is 17.6 Å². The van der Waals surface area contributed by atoms with Crippen LogP contribution in [0.1, 0.15) is 10.5 Å². The van der Waals surface area contributed by atoms with Gasteiger partial charge in [-0.25, -0.2) is 10.5 Å². The molecule has 0 atom stereocenters. The fourth-order valence-corrected chi connectivity index (χ4v) is 1.61. The van der Waals surface area contributed by atoms with Crippen LogP contribution in [-0.2, 0) is 0 Å². The predicted octanol–water partition coefficient (Wildman–Crippen LogP) is 1.35. The molecule has 17 heavy (non-hydrogen) atoms. The van der Waals surface area contributed by atoms with Gasteiger partial charge < -0.3 is 4.98 Å². The number of fused-ring (bicyclic) bond motifs is 1. The van der Waals surface area contributed by atoms with E-state index < -0.39 is 17.2 Å². The van der Waals surface area contributed by atoms with Crippen molar-refractivity contribution in [3.63, 3.8) is 0 Å². The van der Waals surface area contributed by atoms with Crippen molar-refractivity contribution in [2.75, 3.05) is 0 Å². The molecule has 0 bridgehead atoms. The van der Waals surface area contributed by atoms with E-state index in [4.69, 9.17) is 28.4 Å². The Kier molecular flexibility index (Phi) is 3.01. The summed E-state index contributed by atoms with van der Waals surface area (Å²) in [4.78, 5) is 28.8. The second-order valence-electron chi connectivity index (χ2n) is 3.14. The van der Waals surface area contributed by atoms with Gasteiger partial charge in [0.25, 0.3) is 11.5 Å². The summed E-state index contributed by atoms with van der Waals surface area (Å²) in [5.41, 5.74) is 0.774. The van der Waals surface area contributed by atoms with E-state index >= 15 is 0 Å². The Balaban J connectivity index is 2.76. The van der Waals surface area contributed by atoms with Gasteiger partial charge in [0.15, 0.2) is 5.69 Å². The average molecular weight is 274 g/mol. The third kappa shape index (κ3) is 2.10. The molecule has 2 aromatic rings. The van der Waals surface area contributed by atoms with Crippen LogP contribution in [-0.4, -0.2) is 21.1 Å². The number of hydroxylamine groups is 1. The van der Waals surface area contributed by atoms with Crippen molar-refractivity contribution >= 4 is 40.1 Å². The van der Waals surface area contributed by atoms with Gasteiger partial charge in [-0.05, 0) is 12.1 Å². The van der Waals surface area contributed by atoms with Crippen molar-refractivity contribution < 1.29 is 10.0 Å². The van der Waals surface area contributed by atoms with Gasteiger partial charge in [-0.1, -0.05) is 23.2 Å². The summed E-state index contributed by atoms with van der Waals surface area (Å²) in [7, 11) is 0. The predicted molar refractivity (Wildman–Crippen MR) is 61.6 cm³/mol. The Morgan fingerprint density at radius 1 is 1.35 bits per heavy atom. The highest BCUT2D eigenvalue weighted by atomic mass is 35.5. The zero-order chi connectivity index (χ0) is 12.6. The molecule has 88 valence electrons. The number of amides is 1. The summed E-state index contributed by atoms with van der Waals surface area (Å²) < 4.78 is 0. The van der Waals surface area contributed by atoms with Gasteiger partial charge in [0.2, 0.25) is 0 Å². The van der Waals surface area contributed by atoms with Crippen LogP contribution in [0, 0.1) is 0 Å². The first-order chi connectivity index (χ1) is 8.02. The Morgan fingerprint density at radius 3 is 2.65 bits per heavy atom. The van der Waals surface area contributed by atoms with E-state index in [0.29, 0.717) is 5.52 Å². The number of nitrogens with one attached hydrogen (secondary N) is 2. The monoisotopic (exact) mass is 273 g/mol.